The van der Waals surface area contributed by atoms with E-state index in [-0.39, 0.29) is 6.04 Å². The van der Waals surface area contributed by atoms with Gasteiger partial charge in [-0.25, -0.2) is 13.2 Å². The Kier molecular flexibility index (Phi) is 5.66. The van der Waals surface area contributed by atoms with Gasteiger partial charge in [0.1, 0.15) is 0 Å². The van der Waals surface area contributed by atoms with Crippen molar-refractivity contribution in [1.82, 2.24) is 5.32 Å². The van der Waals surface area contributed by atoms with E-state index in [9.17, 15) is 13.2 Å². The Morgan fingerprint density at radius 3 is 2.06 bits per heavy atom. The van der Waals surface area contributed by atoms with Gasteiger partial charge in [0.05, 0.1) is 0 Å². The Labute approximate surface area is 106 Å². The van der Waals surface area contributed by atoms with Crippen LogP contribution in [-0.2, 0) is 0 Å². The molecule has 0 spiro atoms. The Morgan fingerprint density at radius 2 is 1.61 bits per heavy atom. The van der Waals surface area contributed by atoms with Gasteiger partial charge >= 0.3 is 0 Å². The van der Waals surface area contributed by atoms with Gasteiger partial charge in [-0.05, 0) is 37.1 Å². The molecule has 0 radical (unpaired) electrons. The van der Waals surface area contributed by atoms with Crippen LogP contribution in [0.5, 0.6) is 0 Å². The number of nitrogens with one attached hydrogen (secondary N) is 1. The van der Waals surface area contributed by atoms with Crippen LogP contribution in [0.1, 0.15) is 44.7 Å². The van der Waals surface area contributed by atoms with E-state index in [4.69, 9.17) is 0 Å². The standard InChI is InChI=1S/C14H20F3N/c1-9(2)5-4-6-13(18-3)10-7-11(15)14(17)12(16)8-10/h7-9,13,18H,4-6H2,1-3H3. The Hall–Kier alpha value is -1.03. The van der Waals surface area contributed by atoms with Crippen LogP contribution in [0.3, 0.4) is 0 Å². The fraction of sp³-hybridized carbons (Fsp3) is 0.571. The molecule has 0 aromatic heterocycles. The molecule has 4 heteroatoms. The minimum atomic E-state index is -1.41. The third-order valence-corrected chi connectivity index (χ3v) is 3.03. The highest BCUT2D eigenvalue weighted by molar-refractivity contribution is 5.22. The predicted octanol–water partition coefficient (Wildman–Crippen LogP) is 4.19. The van der Waals surface area contributed by atoms with E-state index in [1.165, 1.54) is 0 Å². The van der Waals surface area contributed by atoms with Crippen molar-refractivity contribution in [3.63, 3.8) is 0 Å². The van der Waals surface area contributed by atoms with Crippen molar-refractivity contribution in [2.24, 2.45) is 5.92 Å². The van der Waals surface area contributed by atoms with Crippen molar-refractivity contribution in [1.29, 1.82) is 0 Å². The van der Waals surface area contributed by atoms with Crippen molar-refractivity contribution >= 4 is 0 Å². The Bertz CT molecular complexity index is 368. The number of benzene rings is 1. The summed E-state index contributed by atoms with van der Waals surface area (Å²) in [5.74, 6) is -3.07. The summed E-state index contributed by atoms with van der Waals surface area (Å²) in [6.07, 6.45) is 2.80. The van der Waals surface area contributed by atoms with Crippen molar-refractivity contribution < 1.29 is 13.2 Å². The molecule has 1 N–H and O–H groups in total. The van der Waals surface area contributed by atoms with E-state index in [1.54, 1.807) is 7.05 Å². The second-order valence-corrected chi connectivity index (χ2v) is 4.96. The van der Waals surface area contributed by atoms with E-state index in [2.05, 4.69) is 19.2 Å². The van der Waals surface area contributed by atoms with E-state index in [0.29, 0.717) is 11.5 Å². The summed E-state index contributed by atoms with van der Waals surface area (Å²) < 4.78 is 39.2. The monoisotopic (exact) mass is 259 g/mol. The van der Waals surface area contributed by atoms with Crippen molar-refractivity contribution in [2.45, 2.75) is 39.2 Å². The van der Waals surface area contributed by atoms with Crippen LogP contribution in [-0.4, -0.2) is 7.05 Å². The Balaban J connectivity index is 2.76. The summed E-state index contributed by atoms with van der Waals surface area (Å²) in [6.45, 7) is 4.26. The van der Waals surface area contributed by atoms with Crippen LogP contribution in [0.2, 0.25) is 0 Å². The van der Waals surface area contributed by atoms with Gasteiger partial charge in [0, 0.05) is 6.04 Å². The first kappa shape index (κ1) is 15.0. The maximum atomic E-state index is 13.1. The van der Waals surface area contributed by atoms with Crippen molar-refractivity contribution in [3.8, 4) is 0 Å². The molecule has 1 rings (SSSR count). The van der Waals surface area contributed by atoms with Gasteiger partial charge in [-0.2, -0.15) is 0 Å². The molecule has 0 heterocycles. The summed E-state index contributed by atoms with van der Waals surface area (Å²) in [5, 5.41) is 3.01. The molecule has 1 atom stereocenters. The van der Waals surface area contributed by atoms with Crippen molar-refractivity contribution in [2.75, 3.05) is 7.05 Å². The SMILES string of the molecule is CNC(CCCC(C)C)c1cc(F)c(F)c(F)c1. The zero-order valence-electron chi connectivity index (χ0n) is 11.1. The zero-order valence-corrected chi connectivity index (χ0v) is 11.1. The van der Waals surface area contributed by atoms with Gasteiger partial charge < -0.3 is 5.32 Å². The van der Waals surface area contributed by atoms with Crippen LogP contribution in [0.15, 0.2) is 12.1 Å². The highest BCUT2D eigenvalue weighted by atomic mass is 19.2. The molecule has 0 amide bonds. The summed E-state index contributed by atoms with van der Waals surface area (Å²) >= 11 is 0. The van der Waals surface area contributed by atoms with Crippen LogP contribution < -0.4 is 5.32 Å². The van der Waals surface area contributed by atoms with E-state index >= 15 is 0 Å². The quantitative estimate of drug-likeness (QED) is 0.755. The first-order chi connectivity index (χ1) is 8.45. The highest BCUT2D eigenvalue weighted by Crippen LogP contribution is 2.23. The minimum Gasteiger partial charge on any atom is -0.313 e. The molecule has 1 nitrogen and oxygen atoms in total. The molecular formula is C14H20F3N. The fourth-order valence-electron chi connectivity index (χ4n) is 1.98. The maximum Gasteiger partial charge on any atom is 0.194 e. The predicted molar refractivity (Wildman–Crippen MR) is 66.8 cm³/mol. The molecule has 0 fully saturated rings. The van der Waals surface area contributed by atoms with Gasteiger partial charge in [-0.3, -0.25) is 0 Å². The number of hydrogen-bond donors (Lipinski definition) is 1. The first-order valence-corrected chi connectivity index (χ1v) is 6.27. The molecule has 1 unspecified atom stereocenters. The lowest BCUT2D eigenvalue weighted by molar-refractivity contribution is 0.433. The van der Waals surface area contributed by atoms with Gasteiger partial charge in [0.15, 0.2) is 17.5 Å². The third kappa shape index (κ3) is 4.02. The molecule has 1 aromatic carbocycles. The normalized spacial score (nSPS) is 13.1. The lowest BCUT2D eigenvalue weighted by Crippen LogP contribution is -2.17. The second-order valence-electron chi connectivity index (χ2n) is 4.96. The lowest BCUT2D eigenvalue weighted by Gasteiger charge is -2.17. The largest absolute Gasteiger partial charge is 0.313 e. The molecule has 0 bridgehead atoms. The van der Waals surface area contributed by atoms with E-state index in [1.807, 2.05) is 0 Å². The number of hydrogen-bond acceptors (Lipinski definition) is 1. The average Bonchev–Trinajstić information content (AvgIpc) is 2.30. The average molecular weight is 259 g/mol. The second kappa shape index (κ2) is 6.78. The Morgan fingerprint density at radius 1 is 1.06 bits per heavy atom. The van der Waals surface area contributed by atoms with Gasteiger partial charge in [0.2, 0.25) is 0 Å². The zero-order chi connectivity index (χ0) is 13.7. The fourth-order valence-corrected chi connectivity index (χ4v) is 1.98. The van der Waals surface area contributed by atoms with Gasteiger partial charge in [-0.1, -0.05) is 26.7 Å². The molecular weight excluding hydrogens is 239 g/mol. The molecule has 0 aliphatic rings. The summed E-state index contributed by atoms with van der Waals surface area (Å²) in [4.78, 5) is 0. The number of halogens is 3. The van der Waals surface area contributed by atoms with E-state index < -0.39 is 17.5 Å². The van der Waals surface area contributed by atoms with Gasteiger partial charge in [0.25, 0.3) is 0 Å². The molecule has 0 saturated carbocycles. The molecule has 0 saturated heterocycles. The van der Waals surface area contributed by atoms with Crippen LogP contribution in [0.25, 0.3) is 0 Å². The van der Waals surface area contributed by atoms with Crippen LogP contribution in [0, 0.1) is 23.4 Å². The summed E-state index contributed by atoms with van der Waals surface area (Å²) in [6, 6.07) is 1.98. The van der Waals surface area contributed by atoms with Crippen LogP contribution >= 0.6 is 0 Å². The van der Waals surface area contributed by atoms with E-state index in [0.717, 1.165) is 31.4 Å². The highest BCUT2D eigenvalue weighted by Gasteiger charge is 2.16. The first-order valence-electron chi connectivity index (χ1n) is 6.27. The maximum absolute atomic E-state index is 13.1. The molecule has 102 valence electrons. The summed E-state index contributed by atoms with van der Waals surface area (Å²) in [5.41, 5.74) is 0.456. The topological polar surface area (TPSA) is 12.0 Å². The molecule has 1 aromatic rings. The molecule has 18 heavy (non-hydrogen) atoms. The molecule has 0 aliphatic heterocycles. The smallest absolute Gasteiger partial charge is 0.194 e. The lowest BCUT2D eigenvalue weighted by atomic mass is 9.98. The summed E-state index contributed by atoms with van der Waals surface area (Å²) in [7, 11) is 1.74. The molecule has 0 aliphatic carbocycles. The minimum absolute atomic E-state index is 0.145. The number of rotatable bonds is 6. The van der Waals surface area contributed by atoms with Gasteiger partial charge in [-0.15, -0.1) is 0 Å². The van der Waals surface area contributed by atoms with Crippen molar-refractivity contribution in [3.05, 3.63) is 35.1 Å². The third-order valence-electron chi connectivity index (χ3n) is 3.03. The van der Waals surface area contributed by atoms with Crippen LogP contribution in [0.4, 0.5) is 13.2 Å².